The molecule has 0 amide bonds. The van der Waals surface area contributed by atoms with Crippen molar-refractivity contribution >= 4 is 27.5 Å². The Labute approximate surface area is 145 Å². The van der Waals surface area contributed by atoms with E-state index in [1.807, 2.05) is 18.2 Å². The summed E-state index contributed by atoms with van der Waals surface area (Å²) in [4.78, 5) is 0.0308. The van der Waals surface area contributed by atoms with Crippen LogP contribution in [0.25, 0.3) is 11.1 Å². The second-order valence-corrected chi connectivity index (χ2v) is 7.39. The van der Waals surface area contributed by atoms with Crippen LogP contribution in [0, 0.1) is 5.82 Å². The van der Waals surface area contributed by atoms with Gasteiger partial charge in [0, 0.05) is 23.4 Å². The van der Waals surface area contributed by atoms with Gasteiger partial charge in [0.05, 0.1) is 10.6 Å². The van der Waals surface area contributed by atoms with Gasteiger partial charge in [0.25, 0.3) is 10.0 Å². The molecule has 0 saturated heterocycles. The number of sulfonamides is 1. The Hall–Kier alpha value is -2.37. The number of benzene rings is 3. The van der Waals surface area contributed by atoms with E-state index in [1.54, 1.807) is 30.3 Å². The van der Waals surface area contributed by atoms with Crippen molar-refractivity contribution in [1.82, 2.24) is 0 Å². The van der Waals surface area contributed by atoms with E-state index in [0.29, 0.717) is 9.39 Å². The summed E-state index contributed by atoms with van der Waals surface area (Å²) in [5.41, 5.74) is 1.32. The first-order valence-corrected chi connectivity index (χ1v) is 8.89. The van der Waals surface area contributed by atoms with Crippen LogP contribution in [-0.4, -0.2) is 8.42 Å². The summed E-state index contributed by atoms with van der Waals surface area (Å²) in [6, 6.07) is 20.7. The lowest BCUT2D eigenvalue weighted by molar-refractivity contribution is 0.597. The Kier molecular flexibility index (Phi) is 4.55. The van der Waals surface area contributed by atoms with E-state index in [4.69, 9.17) is 11.8 Å². The summed E-state index contributed by atoms with van der Waals surface area (Å²) in [7, 11) is -4.01. The number of rotatable bonds is 4. The van der Waals surface area contributed by atoms with Gasteiger partial charge in [-0.1, -0.05) is 48.5 Å². The molecule has 0 N–H and O–H groups in total. The molecule has 0 saturated carbocycles. The molecule has 0 unspecified atom stereocenters. The van der Waals surface area contributed by atoms with Crippen molar-refractivity contribution in [2.45, 2.75) is 4.90 Å². The van der Waals surface area contributed by atoms with Gasteiger partial charge < -0.3 is 0 Å². The predicted octanol–water partition coefficient (Wildman–Crippen LogP) is 4.84. The maximum absolute atomic E-state index is 13.7. The molecule has 6 heteroatoms. The van der Waals surface area contributed by atoms with Crippen LogP contribution in [0.2, 0.25) is 0 Å². The molecule has 0 fully saturated rings. The van der Waals surface area contributed by atoms with Gasteiger partial charge in [-0.05, 0) is 29.8 Å². The second-order valence-electron chi connectivity index (χ2n) is 5.06. The SMILES string of the molecule is O=S(=O)(c1ccccc1)N(Cl)c1cc(F)ccc1-c1ccccc1. The zero-order valence-corrected chi connectivity index (χ0v) is 14.0. The topological polar surface area (TPSA) is 37.4 Å². The highest BCUT2D eigenvalue weighted by molar-refractivity contribution is 7.94. The van der Waals surface area contributed by atoms with Crippen LogP contribution >= 0.6 is 11.8 Å². The fourth-order valence-electron chi connectivity index (χ4n) is 2.33. The molecule has 122 valence electrons. The third kappa shape index (κ3) is 3.13. The maximum Gasteiger partial charge on any atom is 0.278 e. The van der Waals surface area contributed by atoms with Gasteiger partial charge in [0.15, 0.2) is 0 Å². The Morgan fingerprint density at radius 1 is 0.833 bits per heavy atom. The fourth-order valence-corrected chi connectivity index (χ4v) is 3.80. The Morgan fingerprint density at radius 3 is 2.04 bits per heavy atom. The van der Waals surface area contributed by atoms with Crippen LogP contribution < -0.4 is 3.82 Å². The molecule has 0 aliphatic rings. The second kappa shape index (κ2) is 6.63. The molecule has 0 aliphatic carbocycles. The van der Waals surface area contributed by atoms with Crippen LogP contribution in [-0.2, 0) is 10.0 Å². The number of halogens is 2. The third-order valence-electron chi connectivity index (χ3n) is 3.49. The van der Waals surface area contributed by atoms with Crippen molar-refractivity contribution < 1.29 is 12.8 Å². The summed E-state index contributed by atoms with van der Waals surface area (Å²) in [6.45, 7) is 0. The molecule has 0 aromatic heterocycles. The zero-order valence-electron chi connectivity index (χ0n) is 12.4. The van der Waals surface area contributed by atoms with Crippen LogP contribution in [0.4, 0.5) is 10.1 Å². The van der Waals surface area contributed by atoms with Crippen molar-refractivity contribution in [1.29, 1.82) is 0 Å². The first kappa shape index (κ1) is 16.5. The van der Waals surface area contributed by atoms with Crippen LogP contribution in [0.1, 0.15) is 0 Å². The molecule has 0 bridgehead atoms. The first-order chi connectivity index (χ1) is 11.5. The summed E-state index contributed by atoms with van der Waals surface area (Å²) < 4.78 is 39.7. The van der Waals surface area contributed by atoms with Crippen LogP contribution in [0.5, 0.6) is 0 Å². The smallest absolute Gasteiger partial charge is 0.207 e. The molecule has 24 heavy (non-hydrogen) atoms. The van der Waals surface area contributed by atoms with Crippen LogP contribution in [0.3, 0.4) is 0 Å². The van der Waals surface area contributed by atoms with E-state index in [-0.39, 0.29) is 10.6 Å². The quantitative estimate of drug-likeness (QED) is 0.623. The lowest BCUT2D eigenvalue weighted by Gasteiger charge is -2.19. The monoisotopic (exact) mass is 361 g/mol. The largest absolute Gasteiger partial charge is 0.278 e. The molecule has 0 aliphatic heterocycles. The highest BCUT2D eigenvalue weighted by atomic mass is 35.5. The van der Waals surface area contributed by atoms with Crippen molar-refractivity contribution in [3.63, 3.8) is 0 Å². The van der Waals surface area contributed by atoms with Gasteiger partial charge in [-0.2, -0.15) is 12.2 Å². The van der Waals surface area contributed by atoms with E-state index >= 15 is 0 Å². The van der Waals surface area contributed by atoms with Gasteiger partial charge in [-0.15, -0.1) is 0 Å². The van der Waals surface area contributed by atoms with Crippen LogP contribution in [0.15, 0.2) is 83.8 Å². The Balaban J connectivity index is 2.14. The van der Waals surface area contributed by atoms with Gasteiger partial charge >= 0.3 is 0 Å². The predicted molar refractivity (Wildman–Crippen MR) is 93.8 cm³/mol. The zero-order chi connectivity index (χ0) is 17.2. The average Bonchev–Trinajstić information content (AvgIpc) is 2.62. The summed E-state index contributed by atoms with van der Waals surface area (Å²) in [5, 5.41) is 0. The van der Waals surface area contributed by atoms with E-state index < -0.39 is 15.8 Å². The number of hydrogen-bond acceptors (Lipinski definition) is 2. The number of hydrogen-bond donors (Lipinski definition) is 0. The minimum Gasteiger partial charge on any atom is -0.207 e. The lowest BCUT2D eigenvalue weighted by Crippen LogP contribution is -2.22. The summed E-state index contributed by atoms with van der Waals surface area (Å²) >= 11 is 6.14. The van der Waals surface area contributed by atoms with E-state index in [9.17, 15) is 12.8 Å². The molecule has 3 rings (SSSR count). The van der Waals surface area contributed by atoms with Crippen molar-refractivity contribution in [2.24, 2.45) is 0 Å². The average molecular weight is 362 g/mol. The fraction of sp³-hybridized carbons (Fsp3) is 0. The minimum absolute atomic E-state index is 0.0308. The van der Waals surface area contributed by atoms with Crippen molar-refractivity contribution in [3.8, 4) is 11.1 Å². The van der Waals surface area contributed by atoms with E-state index in [0.717, 1.165) is 11.6 Å². The first-order valence-electron chi connectivity index (χ1n) is 7.11. The molecule has 3 aromatic rings. The highest BCUT2D eigenvalue weighted by Gasteiger charge is 2.26. The highest BCUT2D eigenvalue weighted by Crippen LogP contribution is 2.35. The van der Waals surface area contributed by atoms with Gasteiger partial charge in [0.1, 0.15) is 5.82 Å². The standard InChI is InChI=1S/C18H13ClFNO2S/c19-21(24(22,23)16-9-5-2-6-10-16)18-13-15(20)11-12-17(18)14-7-3-1-4-8-14/h1-13H. The van der Waals surface area contributed by atoms with Gasteiger partial charge in [0.2, 0.25) is 0 Å². The van der Waals surface area contributed by atoms with E-state index in [1.165, 1.54) is 24.3 Å². The van der Waals surface area contributed by atoms with E-state index in [2.05, 4.69) is 0 Å². The molecule has 3 nitrogen and oxygen atoms in total. The summed E-state index contributed by atoms with van der Waals surface area (Å²) in [6.07, 6.45) is 0. The molecule has 3 aromatic carbocycles. The number of nitrogens with zero attached hydrogens (tertiary/aromatic N) is 1. The van der Waals surface area contributed by atoms with Gasteiger partial charge in [-0.25, -0.2) is 4.39 Å². The number of anilines is 1. The Bertz CT molecular complexity index is 947. The van der Waals surface area contributed by atoms with Gasteiger partial charge in [-0.3, -0.25) is 0 Å². The molecule has 0 spiro atoms. The Morgan fingerprint density at radius 2 is 1.42 bits per heavy atom. The molecule has 0 atom stereocenters. The molecule has 0 heterocycles. The molecule has 0 radical (unpaired) electrons. The molecular weight excluding hydrogens is 349 g/mol. The summed E-state index contributed by atoms with van der Waals surface area (Å²) in [5.74, 6) is -0.571. The normalized spacial score (nSPS) is 11.2. The third-order valence-corrected chi connectivity index (χ3v) is 5.70. The molecular formula is C18H13ClFNO2S. The van der Waals surface area contributed by atoms with Crippen molar-refractivity contribution in [2.75, 3.05) is 3.82 Å². The maximum atomic E-state index is 13.7. The lowest BCUT2D eigenvalue weighted by atomic mass is 10.0. The van der Waals surface area contributed by atoms with Crippen molar-refractivity contribution in [3.05, 3.63) is 84.7 Å². The minimum atomic E-state index is -4.01.